The van der Waals surface area contributed by atoms with Crippen molar-refractivity contribution in [2.24, 2.45) is 5.92 Å². The molecule has 1 aliphatic rings. The van der Waals surface area contributed by atoms with Gasteiger partial charge in [-0.2, -0.15) is 0 Å². The normalized spacial score (nSPS) is 20.6. The van der Waals surface area contributed by atoms with Gasteiger partial charge in [0, 0.05) is 18.3 Å². The highest BCUT2D eigenvalue weighted by molar-refractivity contribution is 5.76. The van der Waals surface area contributed by atoms with Crippen molar-refractivity contribution in [1.82, 2.24) is 15.6 Å². The Morgan fingerprint density at radius 1 is 1.56 bits per heavy atom. The molecule has 0 bridgehead atoms. The molecule has 4 heteroatoms. The van der Waals surface area contributed by atoms with Crippen molar-refractivity contribution in [3.63, 3.8) is 0 Å². The van der Waals surface area contributed by atoms with Crippen LogP contribution < -0.4 is 10.6 Å². The lowest BCUT2D eigenvalue weighted by Gasteiger charge is -2.21. The van der Waals surface area contributed by atoms with Crippen molar-refractivity contribution in [1.29, 1.82) is 0 Å². The molecule has 88 valence electrons. The smallest absolute Gasteiger partial charge is 0.220 e. The third-order valence-electron chi connectivity index (χ3n) is 3.01. The topological polar surface area (TPSA) is 56.9 Å². The second kappa shape index (κ2) is 5.70. The molecule has 3 N–H and O–H groups in total. The number of aromatic nitrogens is 1. The predicted octanol–water partition coefficient (Wildman–Crippen LogP) is 1.02. The third kappa shape index (κ3) is 3.38. The maximum absolute atomic E-state index is 11.7. The zero-order valence-corrected chi connectivity index (χ0v) is 9.46. The number of carbonyl (C=O) groups is 1. The number of nitrogens with one attached hydrogen (secondary N) is 3. The van der Waals surface area contributed by atoms with Crippen LogP contribution in [0.4, 0.5) is 0 Å². The fraction of sp³-hybridized carbons (Fsp3) is 0.583. The molecule has 0 spiro atoms. The molecule has 2 heterocycles. The Morgan fingerprint density at radius 3 is 3.19 bits per heavy atom. The quantitative estimate of drug-likeness (QED) is 0.711. The largest absolute Gasteiger partial charge is 0.364 e. The van der Waals surface area contributed by atoms with Crippen LogP contribution in [0.2, 0.25) is 0 Å². The maximum atomic E-state index is 11.7. The highest BCUT2D eigenvalue weighted by atomic mass is 16.1. The molecule has 0 aromatic carbocycles. The molecule has 0 saturated carbocycles. The maximum Gasteiger partial charge on any atom is 0.220 e. The van der Waals surface area contributed by atoms with E-state index in [1.807, 2.05) is 18.3 Å². The van der Waals surface area contributed by atoms with Gasteiger partial charge in [0.25, 0.3) is 0 Å². The second-order valence-electron chi connectivity index (χ2n) is 4.39. The lowest BCUT2D eigenvalue weighted by molar-refractivity contribution is -0.122. The zero-order chi connectivity index (χ0) is 11.2. The molecule has 1 aliphatic heterocycles. The summed E-state index contributed by atoms with van der Waals surface area (Å²) in [5.74, 6) is 0.667. The number of H-pyrrole nitrogens is 1. The Labute approximate surface area is 95.8 Å². The second-order valence-corrected chi connectivity index (χ2v) is 4.39. The molecule has 16 heavy (non-hydrogen) atoms. The van der Waals surface area contributed by atoms with Crippen LogP contribution in [0.1, 0.15) is 25.0 Å². The molecule has 1 aromatic heterocycles. The van der Waals surface area contributed by atoms with Crippen molar-refractivity contribution < 1.29 is 4.79 Å². The molecule has 0 aliphatic carbocycles. The number of carbonyl (C=O) groups excluding carboxylic acids is 1. The Hall–Kier alpha value is -1.29. The zero-order valence-electron chi connectivity index (χ0n) is 9.46. The molecule has 1 aromatic rings. The van der Waals surface area contributed by atoms with Crippen molar-refractivity contribution in [3.05, 3.63) is 24.0 Å². The highest BCUT2D eigenvalue weighted by Crippen LogP contribution is 2.13. The molecule has 1 saturated heterocycles. The third-order valence-corrected chi connectivity index (χ3v) is 3.01. The highest BCUT2D eigenvalue weighted by Gasteiger charge is 2.16. The van der Waals surface area contributed by atoms with Gasteiger partial charge in [0.2, 0.25) is 5.91 Å². The SMILES string of the molecule is O=C(CC1CCCNC1)NCc1ccc[nH]1. The Kier molecular flexibility index (Phi) is 3.99. The van der Waals surface area contributed by atoms with Gasteiger partial charge in [-0.1, -0.05) is 0 Å². The molecular weight excluding hydrogens is 202 g/mol. The first-order valence-corrected chi connectivity index (χ1v) is 5.94. The summed E-state index contributed by atoms with van der Waals surface area (Å²) in [6.45, 7) is 2.68. The average Bonchev–Trinajstić information content (AvgIpc) is 2.81. The molecule has 2 rings (SSSR count). The van der Waals surface area contributed by atoms with Crippen LogP contribution in [-0.4, -0.2) is 24.0 Å². The van der Waals surface area contributed by atoms with Crippen molar-refractivity contribution in [2.45, 2.75) is 25.8 Å². The Bertz CT molecular complexity index is 315. The van der Waals surface area contributed by atoms with Gasteiger partial charge in [-0.15, -0.1) is 0 Å². The van der Waals surface area contributed by atoms with Gasteiger partial charge in [-0.3, -0.25) is 4.79 Å². The van der Waals surface area contributed by atoms with Crippen LogP contribution >= 0.6 is 0 Å². The van der Waals surface area contributed by atoms with Gasteiger partial charge in [0.1, 0.15) is 0 Å². The van der Waals surface area contributed by atoms with Gasteiger partial charge in [0.15, 0.2) is 0 Å². The van der Waals surface area contributed by atoms with Gasteiger partial charge >= 0.3 is 0 Å². The van der Waals surface area contributed by atoms with E-state index in [0.717, 1.165) is 18.8 Å². The van der Waals surface area contributed by atoms with Crippen LogP contribution in [0, 0.1) is 5.92 Å². The summed E-state index contributed by atoms with van der Waals surface area (Å²) in [4.78, 5) is 14.7. The number of hydrogen-bond acceptors (Lipinski definition) is 2. The number of hydrogen-bond donors (Lipinski definition) is 3. The van der Waals surface area contributed by atoms with Gasteiger partial charge in [-0.05, 0) is 44.0 Å². The fourth-order valence-corrected chi connectivity index (χ4v) is 2.10. The fourth-order valence-electron chi connectivity index (χ4n) is 2.10. The average molecular weight is 221 g/mol. The lowest BCUT2D eigenvalue weighted by Crippen LogP contribution is -2.34. The van der Waals surface area contributed by atoms with E-state index in [2.05, 4.69) is 15.6 Å². The molecule has 1 amide bonds. The number of rotatable bonds is 4. The monoisotopic (exact) mass is 221 g/mol. The minimum absolute atomic E-state index is 0.156. The van der Waals surface area contributed by atoms with E-state index < -0.39 is 0 Å². The molecule has 1 fully saturated rings. The van der Waals surface area contributed by atoms with Crippen molar-refractivity contribution in [2.75, 3.05) is 13.1 Å². The molecular formula is C12H19N3O. The number of amides is 1. The van der Waals surface area contributed by atoms with E-state index in [1.54, 1.807) is 0 Å². The van der Waals surface area contributed by atoms with Crippen LogP contribution in [0.3, 0.4) is 0 Å². The van der Waals surface area contributed by atoms with Gasteiger partial charge in [0.05, 0.1) is 6.54 Å². The first kappa shape index (κ1) is 11.2. The van der Waals surface area contributed by atoms with Crippen LogP contribution in [0.15, 0.2) is 18.3 Å². The summed E-state index contributed by atoms with van der Waals surface area (Å²) in [6, 6.07) is 3.91. The summed E-state index contributed by atoms with van der Waals surface area (Å²) in [5.41, 5.74) is 1.05. The molecule has 1 atom stereocenters. The predicted molar refractivity (Wildman–Crippen MR) is 62.9 cm³/mol. The first-order chi connectivity index (χ1) is 7.84. The van der Waals surface area contributed by atoms with E-state index in [4.69, 9.17) is 0 Å². The van der Waals surface area contributed by atoms with E-state index in [0.29, 0.717) is 18.9 Å². The van der Waals surface area contributed by atoms with Crippen LogP contribution in [0.5, 0.6) is 0 Å². The van der Waals surface area contributed by atoms with E-state index in [1.165, 1.54) is 12.8 Å². The Morgan fingerprint density at radius 2 is 2.50 bits per heavy atom. The summed E-state index contributed by atoms with van der Waals surface area (Å²) in [7, 11) is 0. The minimum atomic E-state index is 0.156. The van der Waals surface area contributed by atoms with E-state index in [-0.39, 0.29) is 5.91 Å². The molecule has 1 unspecified atom stereocenters. The number of piperidine rings is 1. The molecule has 0 radical (unpaired) electrons. The standard InChI is InChI=1S/C12H19N3O/c16-12(7-10-3-1-5-13-8-10)15-9-11-4-2-6-14-11/h2,4,6,10,13-14H,1,3,5,7-9H2,(H,15,16). The van der Waals surface area contributed by atoms with Crippen molar-refractivity contribution in [3.8, 4) is 0 Å². The summed E-state index contributed by atoms with van der Waals surface area (Å²) in [5, 5.41) is 6.26. The summed E-state index contributed by atoms with van der Waals surface area (Å²) >= 11 is 0. The van der Waals surface area contributed by atoms with Crippen LogP contribution in [0.25, 0.3) is 0 Å². The van der Waals surface area contributed by atoms with Gasteiger partial charge in [-0.25, -0.2) is 0 Å². The van der Waals surface area contributed by atoms with Crippen molar-refractivity contribution >= 4 is 5.91 Å². The minimum Gasteiger partial charge on any atom is -0.364 e. The van der Waals surface area contributed by atoms with Gasteiger partial charge < -0.3 is 15.6 Å². The Balaban J connectivity index is 1.67. The van der Waals surface area contributed by atoms with Crippen LogP contribution in [-0.2, 0) is 11.3 Å². The summed E-state index contributed by atoms with van der Waals surface area (Å²) < 4.78 is 0. The first-order valence-electron chi connectivity index (χ1n) is 5.94. The molecule has 4 nitrogen and oxygen atoms in total. The number of aromatic amines is 1. The van der Waals surface area contributed by atoms with E-state index in [9.17, 15) is 4.79 Å². The lowest BCUT2D eigenvalue weighted by atomic mass is 9.96. The summed E-state index contributed by atoms with van der Waals surface area (Å²) in [6.07, 6.45) is 4.87. The van der Waals surface area contributed by atoms with E-state index >= 15 is 0 Å².